The highest BCUT2D eigenvalue weighted by Crippen LogP contribution is 2.24. The van der Waals surface area contributed by atoms with Gasteiger partial charge < -0.3 is 11.1 Å². The van der Waals surface area contributed by atoms with Gasteiger partial charge in [-0.05, 0) is 29.7 Å². The summed E-state index contributed by atoms with van der Waals surface area (Å²) in [5, 5.41) is 4.41. The molecule has 0 aliphatic heterocycles. The summed E-state index contributed by atoms with van der Waals surface area (Å²) in [6.07, 6.45) is 3.19. The van der Waals surface area contributed by atoms with Crippen LogP contribution in [-0.2, 0) is 12.8 Å². The molecule has 0 spiro atoms. The number of nitrogens with zero attached hydrogens (tertiary/aromatic N) is 2. The van der Waals surface area contributed by atoms with Gasteiger partial charge in [-0.15, -0.1) is 0 Å². The van der Waals surface area contributed by atoms with Gasteiger partial charge in [0.2, 0.25) is 5.95 Å². The Balaban J connectivity index is 1.62. The predicted octanol–water partition coefficient (Wildman–Crippen LogP) is 4.61. The number of hydrogen-bond donors (Lipinski definition) is 2. The van der Waals surface area contributed by atoms with Crippen LogP contribution in [-0.4, -0.2) is 16.5 Å². The van der Waals surface area contributed by atoms with Crippen LogP contribution in [0.4, 0.5) is 11.8 Å². The first-order chi connectivity index (χ1) is 12.1. The lowest BCUT2D eigenvalue weighted by Gasteiger charge is -2.10. The maximum Gasteiger partial charge on any atom is 0.224 e. The highest BCUT2D eigenvalue weighted by atomic mass is 35.5. The van der Waals surface area contributed by atoms with Gasteiger partial charge >= 0.3 is 0 Å². The van der Waals surface area contributed by atoms with Crippen LogP contribution in [0, 0.1) is 0 Å². The summed E-state index contributed by atoms with van der Waals surface area (Å²) >= 11 is 12.1. The Kier molecular flexibility index (Phi) is 5.74. The third-order valence-electron chi connectivity index (χ3n) is 3.83. The molecule has 3 rings (SSSR count). The zero-order valence-corrected chi connectivity index (χ0v) is 15.1. The Morgan fingerprint density at radius 3 is 2.52 bits per heavy atom. The van der Waals surface area contributed by atoms with Gasteiger partial charge in [-0.2, -0.15) is 4.98 Å². The van der Waals surface area contributed by atoms with Crippen molar-refractivity contribution in [2.45, 2.75) is 12.8 Å². The van der Waals surface area contributed by atoms with E-state index in [1.807, 2.05) is 24.3 Å². The van der Waals surface area contributed by atoms with Gasteiger partial charge in [0.15, 0.2) is 0 Å². The summed E-state index contributed by atoms with van der Waals surface area (Å²) in [5.74, 6) is 0.975. The standard InChI is InChI=1S/C19H18Cl2N4/c20-16-7-6-14(17(21)11-16)10-15-12-24-19(25-18(15)22)23-9-8-13-4-2-1-3-5-13/h1-7,11-12H,8-10H2,(H3,22,23,24,25). The van der Waals surface area contributed by atoms with E-state index >= 15 is 0 Å². The molecule has 2 aromatic carbocycles. The van der Waals surface area contributed by atoms with Crippen molar-refractivity contribution in [1.82, 2.24) is 9.97 Å². The van der Waals surface area contributed by atoms with Crippen molar-refractivity contribution in [2.75, 3.05) is 17.6 Å². The molecule has 128 valence electrons. The second-order valence-electron chi connectivity index (χ2n) is 5.68. The summed E-state index contributed by atoms with van der Waals surface area (Å²) < 4.78 is 0. The first-order valence-electron chi connectivity index (χ1n) is 7.95. The largest absolute Gasteiger partial charge is 0.383 e. The van der Waals surface area contributed by atoms with Crippen LogP contribution in [0.1, 0.15) is 16.7 Å². The summed E-state index contributed by atoms with van der Waals surface area (Å²) in [5.41, 5.74) is 9.10. The molecule has 3 aromatic rings. The molecule has 0 aliphatic carbocycles. The molecule has 0 unspecified atom stereocenters. The molecule has 4 nitrogen and oxygen atoms in total. The third-order valence-corrected chi connectivity index (χ3v) is 4.42. The van der Waals surface area contributed by atoms with E-state index in [2.05, 4.69) is 27.4 Å². The number of halogens is 2. The Morgan fingerprint density at radius 2 is 1.80 bits per heavy atom. The van der Waals surface area contributed by atoms with E-state index in [1.165, 1.54) is 5.56 Å². The first-order valence-corrected chi connectivity index (χ1v) is 8.70. The van der Waals surface area contributed by atoms with Gasteiger partial charge in [0.25, 0.3) is 0 Å². The van der Waals surface area contributed by atoms with Gasteiger partial charge in [-0.25, -0.2) is 4.98 Å². The zero-order valence-electron chi connectivity index (χ0n) is 13.5. The monoisotopic (exact) mass is 372 g/mol. The Hall–Kier alpha value is -2.30. The van der Waals surface area contributed by atoms with E-state index in [9.17, 15) is 0 Å². The lowest BCUT2D eigenvalue weighted by Crippen LogP contribution is -2.10. The number of aromatic nitrogens is 2. The predicted molar refractivity (Wildman–Crippen MR) is 104 cm³/mol. The lowest BCUT2D eigenvalue weighted by molar-refractivity contribution is 0.977. The molecule has 6 heteroatoms. The molecule has 0 radical (unpaired) electrons. The number of nitrogen functional groups attached to an aromatic ring is 1. The van der Waals surface area contributed by atoms with Crippen LogP contribution in [0.25, 0.3) is 0 Å². The fourth-order valence-corrected chi connectivity index (χ4v) is 2.95. The minimum Gasteiger partial charge on any atom is -0.383 e. The van der Waals surface area contributed by atoms with Crippen molar-refractivity contribution in [3.8, 4) is 0 Å². The van der Waals surface area contributed by atoms with Crippen LogP contribution < -0.4 is 11.1 Å². The van der Waals surface area contributed by atoms with Gasteiger partial charge in [-0.1, -0.05) is 59.6 Å². The number of rotatable bonds is 6. The Labute approximate surface area is 157 Å². The summed E-state index contributed by atoms with van der Waals surface area (Å²) in [4.78, 5) is 8.68. The summed E-state index contributed by atoms with van der Waals surface area (Å²) in [6, 6.07) is 15.7. The molecule has 0 aliphatic rings. The number of anilines is 2. The van der Waals surface area contributed by atoms with Crippen molar-refractivity contribution in [2.24, 2.45) is 0 Å². The molecule has 1 aromatic heterocycles. The molecule has 0 amide bonds. The average molecular weight is 373 g/mol. The highest BCUT2D eigenvalue weighted by molar-refractivity contribution is 6.35. The molecule has 0 fully saturated rings. The SMILES string of the molecule is Nc1nc(NCCc2ccccc2)ncc1Cc1ccc(Cl)cc1Cl. The fourth-order valence-electron chi connectivity index (χ4n) is 2.47. The Morgan fingerprint density at radius 1 is 1.00 bits per heavy atom. The summed E-state index contributed by atoms with van der Waals surface area (Å²) in [6.45, 7) is 0.742. The van der Waals surface area contributed by atoms with E-state index in [-0.39, 0.29) is 0 Å². The smallest absolute Gasteiger partial charge is 0.224 e. The minimum atomic E-state index is 0.447. The number of nitrogens with two attached hydrogens (primary N) is 1. The average Bonchev–Trinajstić information content (AvgIpc) is 2.60. The van der Waals surface area contributed by atoms with E-state index in [0.717, 1.165) is 24.1 Å². The molecular weight excluding hydrogens is 355 g/mol. The molecule has 0 atom stereocenters. The first kappa shape index (κ1) is 17.5. The quantitative estimate of drug-likeness (QED) is 0.662. The maximum atomic E-state index is 6.21. The van der Waals surface area contributed by atoms with Crippen molar-refractivity contribution in [3.05, 3.63) is 81.5 Å². The van der Waals surface area contributed by atoms with E-state index in [1.54, 1.807) is 18.3 Å². The van der Waals surface area contributed by atoms with Gasteiger partial charge in [0, 0.05) is 34.8 Å². The van der Waals surface area contributed by atoms with E-state index < -0.39 is 0 Å². The molecule has 0 saturated carbocycles. The molecule has 0 bridgehead atoms. The second kappa shape index (κ2) is 8.19. The zero-order chi connectivity index (χ0) is 17.6. The van der Waals surface area contributed by atoms with Crippen LogP contribution in [0.5, 0.6) is 0 Å². The van der Waals surface area contributed by atoms with Crippen LogP contribution >= 0.6 is 23.2 Å². The van der Waals surface area contributed by atoms with Crippen LogP contribution in [0.2, 0.25) is 10.0 Å². The highest BCUT2D eigenvalue weighted by Gasteiger charge is 2.08. The van der Waals surface area contributed by atoms with Crippen LogP contribution in [0.3, 0.4) is 0 Å². The molecular formula is C19H18Cl2N4. The van der Waals surface area contributed by atoms with Crippen molar-refractivity contribution in [1.29, 1.82) is 0 Å². The van der Waals surface area contributed by atoms with Crippen LogP contribution in [0.15, 0.2) is 54.7 Å². The number of benzene rings is 2. The van der Waals surface area contributed by atoms with Crippen molar-refractivity contribution >= 4 is 35.0 Å². The molecule has 3 N–H and O–H groups in total. The van der Waals surface area contributed by atoms with Crippen molar-refractivity contribution in [3.63, 3.8) is 0 Å². The Bertz CT molecular complexity index is 853. The number of nitrogens with one attached hydrogen (secondary N) is 1. The summed E-state index contributed by atoms with van der Waals surface area (Å²) in [7, 11) is 0. The molecule has 25 heavy (non-hydrogen) atoms. The van der Waals surface area contributed by atoms with Gasteiger partial charge in [0.1, 0.15) is 5.82 Å². The van der Waals surface area contributed by atoms with Gasteiger partial charge in [-0.3, -0.25) is 0 Å². The number of hydrogen-bond acceptors (Lipinski definition) is 4. The fraction of sp³-hybridized carbons (Fsp3) is 0.158. The molecule has 0 saturated heterocycles. The van der Waals surface area contributed by atoms with E-state index in [4.69, 9.17) is 28.9 Å². The van der Waals surface area contributed by atoms with E-state index in [0.29, 0.717) is 28.2 Å². The minimum absolute atomic E-state index is 0.447. The molecule has 1 heterocycles. The van der Waals surface area contributed by atoms with Gasteiger partial charge in [0.05, 0.1) is 0 Å². The maximum absolute atomic E-state index is 6.21. The van der Waals surface area contributed by atoms with Crippen molar-refractivity contribution < 1.29 is 0 Å². The topological polar surface area (TPSA) is 63.8 Å². The lowest BCUT2D eigenvalue weighted by atomic mass is 10.1. The second-order valence-corrected chi connectivity index (χ2v) is 6.52. The third kappa shape index (κ3) is 4.84. The normalized spacial score (nSPS) is 10.6.